The second-order valence-corrected chi connectivity index (χ2v) is 6.26. The summed E-state index contributed by atoms with van der Waals surface area (Å²) >= 11 is 13.3. The summed E-state index contributed by atoms with van der Waals surface area (Å²) in [4.78, 5) is 17.1. The molecular weight excluding hydrogens is 343 g/mol. The van der Waals surface area contributed by atoms with E-state index in [1.54, 1.807) is 20.1 Å². The molecule has 1 N–H and O–H groups in total. The fraction of sp³-hybridized carbons (Fsp3) is 0.200. The van der Waals surface area contributed by atoms with E-state index in [0.717, 1.165) is 10.6 Å². The SMILES string of the molecule is COc1ccc(SCC(=O)Nc2nc(C)c(Cl)cc2Cl)cc1. The van der Waals surface area contributed by atoms with Crippen LogP contribution >= 0.6 is 35.0 Å². The van der Waals surface area contributed by atoms with Gasteiger partial charge in [-0.15, -0.1) is 11.8 Å². The van der Waals surface area contributed by atoms with Gasteiger partial charge in [0.25, 0.3) is 0 Å². The molecule has 7 heteroatoms. The van der Waals surface area contributed by atoms with E-state index < -0.39 is 0 Å². The number of carbonyl (C=O) groups is 1. The Balaban J connectivity index is 1.94. The van der Waals surface area contributed by atoms with Gasteiger partial charge in [0.05, 0.1) is 28.6 Å². The number of aromatic nitrogens is 1. The molecule has 0 unspecified atom stereocenters. The number of hydrogen-bond donors (Lipinski definition) is 1. The van der Waals surface area contributed by atoms with Crippen LogP contribution in [0.4, 0.5) is 5.82 Å². The van der Waals surface area contributed by atoms with Gasteiger partial charge in [0, 0.05) is 4.90 Å². The Labute approximate surface area is 143 Å². The molecule has 1 amide bonds. The molecule has 0 fully saturated rings. The monoisotopic (exact) mass is 356 g/mol. The van der Waals surface area contributed by atoms with Crippen LogP contribution in [0.3, 0.4) is 0 Å². The highest BCUT2D eigenvalue weighted by atomic mass is 35.5. The number of rotatable bonds is 5. The summed E-state index contributed by atoms with van der Waals surface area (Å²) in [5, 5.41) is 3.47. The minimum absolute atomic E-state index is 0.183. The molecule has 4 nitrogen and oxygen atoms in total. The predicted octanol–water partition coefficient (Wildman–Crippen LogP) is 4.44. The topological polar surface area (TPSA) is 51.2 Å². The van der Waals surface area contributed by atoms with Gasteiger partial charge in [-0.25, -0.2) is 4.98 Å². The van der Waals surface area contributed by atoms with Gasteiger partial charge in [0.15, 0.2) is 5.82 Å². The molecule has 1 aromatic carbocycles. The number of amides is 1. The van der Waals surface area contributed by atoms with Crippen molar-refractivity contribution in [1.82, 2.24) is 4.98 Å². The number of nitrogens with zero attached hydrogens (tertiary/aromatic N) is 1. The standard InChI is InChI=1S/C15H14Cl2N2O2S/c1-9-12(16)7-13(17)15(18-9)19-14(20)8-22-11-5-3-10(21-2)4-6-11/h3-7H,8H2,1-2H3,(H,18,19,20). The molecule has 0 spiro atoms. The highest BCUT2D eigenvalue weighted by Crippen LogP contribution is 2.26. The van der Waals surface area contributed by atoms with E-state index in [9.17, 15) is 4.79 Å². The Morgan fingerprint density at radius 1 is 1.27 bits per heavy atom. The minimum atomic E-state index is -0.183. The maximum Gasteiger partial charge on any atom is 0.235 e. The van der Waals surface area contributed by atoms with E-state index in [1.165, 1.54) is 11.8 Å². The average molecular weight is 357 g/mol. The Morgan fingerprint density at radius 2 is 1.95 bits per heavy atom. The first-order chi connectivity index (χ1) is 10.5. The lowest BCUT2D eigenvalue weighted by Gasteiger charge is -2.08. The third kappa shape index (κ3) is 4.53. The van der Waals surface area contributed by atoms with E-state index in [2.05, 4.69) is 10.3 Å². The third-order valence-electron chi connectivity index (χ3n) is 2.79. The van der Waals surface area contributed by atoms with Crippen LogP contribution in [0.25, 0.3) is 0 Å². The Bertz CT molecular complexity index is 678. The van der Waals surface area contributed by atoms with Crippen molar-refractivity contribution in [2.45, 2.75) is 11.8 Å². The van der Waals surface area contributed by atoms with Gasteiger partial charge in [-0.3, -0.25) is 4.79 Å². The summed E-state index contributed by atoms with van der Waals surface area (Å²) in [5.41, 5.74) is 0.615. The average Bonchev–Trinajstić information content (AvgIpc) is 2.51. The van der Waals surface area contributed by atoms with E-state index in [1.807, 2.05) is 24.3 Å². The van der Waals surface area contributed by atoms with Crippen LogP contribution in [0.1, 0.15) is 5.69 Å². The highest BCUT2D eigenvalue weighted by Gasteiger charge is 2.10. The smallest absolute Gasteiger partial charge is 0.235 e. The third-order valence-corrected chi connectivity index (χ3v) is 4.47. The van der Waals surface area contributed by atoms with Crippen molar-refractivity contribution in [3.05, 3.63) is 46.1 Å². The number of pyridine rings is 1. The van der Waals surface area contributed by atoms with Crippen LogP contribution in [-0.4, -0.2) is 23.8 Å². The second-order valence-electron chi connectivity index (χ2n) is 4.40. The first-order valence-corrected chi connectivity index (χ1v) is 8.13. The fourth-order valence-corrected chi connectivity index (χ4v) is 2.74. The zero-order chi connectivity index (χ0) is 16.1. The van der Waals surface area contributed by atoms with Crippen molar-refractivity contribution < 1.29 is 9.53 Å². The molecule has 22 heavy (non-hydrogen) atoms. The number of carbonyl (C=O) groups excluding carboxylic acids is 1. The normalized spacial score (nSPS) is 10.4. The number of ether oxygens (including phenoxy) is 1. The first kappa shape index (κ1) is 16.9. The summed E-state index contributed by atoms with van der Waals surface area (Å²) in [6.07, 6.45) is 0. The van der Waals surface area contributed by atoms with Crippen LogP contribution in [0.2, 0.25) is 10.0 Å². The number of hydrogen-bond acceptors (Lipinski definition) is 4. The molecule has 0 bridgehead atoms. The Kier molecular flexibility index (Phi) is 5.94. The van der Waals surface area contributed by atoms with Gasteiger partial charge in [-0.2, -0.15) is 0 Å². The molecule has 1 aromatic heterocycles. The van der Waals surface area contributed by atoms with E-state index >= 15 is 0 Å². The number of methoxy groups -OCH3 is 1. The first-order valence-electron chi connectivity index (χ1n) is 6.39. The summed E-state index contributed by atoms with van der Waals surface area (Å²) in [5.74, 6) is 1.17. The lowest BCUT2D eigenvalue weighted by molar-refractivity contribution is -0.113. The molecule has 0 saturated heterocycles. The van der Waals surface area contributed by atoms with Gasteiger partial charge in [-0.05, 0) is 37.3 Å². The van der Waals surface area contributed by atoms with Gasteiger partial charge in [-0.1, -0.05) is 23.2 Å². The predicted molar refractivity (Wildman–Crippen MR) is 91.3 cm³/mol. The summed E-state index contributed by atoms with van der Waals surface area (Å²) in [7, 11) is 1.61. The van der Waals surface area contributed by atoms with Crippen molar-refractivity contribution in [1.29, 1.82) is 0 Å². The van der Waals surface area contributed by atoms with E-state index in [0.29, 0.717) is 21.6 Å². The Morgan fingerprint density at radius 3 is 2.59 bits per heavy atom. The second kappa shape index (κ2) is 7.72. The highest BCUT2D eigenvalue weighted by molar-refractivity contribution is 8.00. The summed E-state index contributed by atoms with van der Waals surface area (Å²) in [6.45, 7) is 1.75. The van der Waals surface area contributed by atoms with Crippen LogP contribution in [-0.2, 0) is 4.79 Å². The summed E-state index contributed by atoms with van der Waals surface area (Å²) < 4.78 is 5.09. The maximum absolute atomic E-state index is 12.0. The van der Waals surface area contributed by atoms with Gasteiger partial charge < -0.3 is 10.1 Å². The number of nitrogens with one attached hydrogen (secondary N) is 1. The molecule has 0 atom stereocenters. The van der Waals surface area contributed by atoms with Gasteiger partial charge in [0.1, 0.15) is 5.75 Å². The van der Waals surface area contributed by atoms with Crippen molar-refractivity contribution in [3.63, 3.8) is 0 Å². The van der Waals surface area contributed by atoms with Crippen LogP contribution in [0.15, 0.2) is 35.2 Å². The number of thioether (sulfide) groups is 1. The quantitative estimate of drug-likeness (QED) is 0.804. The molecule has 116 valence electrons. The molecule has 0 radical (unpaired) electrons. The lowest BCUT2D eigenvalue weighted by Crippen LogP contribution is -2.15. The lowest BCUT2D eigenvalue weighted by atomic mass is 10.3. The van der Waals surface area contributed by atoms with Crippen LogP contribution in [0, 0.1) is 6.92 Å². The number of halogens is 2. The Hall–Kier alpha value is -1.43. The van der Waals surface area contributed by atoms with Crippen molar-refractivity contribution in [2.75, 3.05) is 18.2 Å². The number of anilines is 1. The largest absolute Gasteiger partial charge is 0.497 e. The molecule has 1 heterocycles. The van der Waals surface area contributed by atoms with Crippen molar-refractivity contribution >= 4 is 46.7 Å². The maximum atomic E-state index is 12.0. The summed E-state index contributed by atoms with van der Waals surface area (Å²) in [6, 6.07) is 9.06. The van der Waals surface area contributed by atoms with Crippen LogP contribution in [0.5, 0.6) is 5.75 Å². The zero-order valence-electron chi connectivity index (χ0n) is 12.0. The fourth-order valence-electron chi connectivity index (χ4n) is 1.64. The van der Waals surface area contributed by atoms with Crippen LogP contribution < -0.4 is 10.1 Å². The van der Waals surface area contributed by atoms with E-state index in [4.69, 9.17) is 27.9 Å². The molecular formula is C15H14Cl2N2O2S. The van der Waals surface area contributed by atoms with E-state index in [-0.39, 0.29) is 11.7 Å². The zero-order valence-corrected chi connectivity index (χ0v) is 14.4. The molecule has 0 aliphatic carbocycles. The molecule has 2 rings (SSSR count). The number of aryl methyl sites for hydroxylation is 1. The van der Waals surface area contributed by atoms with Gasteiger partial charge >= 0.3 is 0 Å². The van der Waals surface area contributed by atoms with Crippen molar-refractivity contribution in [2.24, 2.45) is 0 Å². The molecule has 0 aliphatic rings. The molecule has 0 aliphatic heterocycles. The number of benzene rings is 1. The van der Waals surface area contributed by atoms with Gasteiger partial charge in [0.2, 0.25) is 5.91 Å². The van der Waals surface area contributed by atoms with Crippen molar-refractivity contribution in [3.8, 4) is 5.75 Å². The molecule has 2 aromatic rings. The molecule has 0 saturated carbocycles. The minimum Gasteiger partial charge on any atom is -0.497 e.